The van der Waals surface area contributed by atoms with E-state index in [1.54, 1.807) is 0 Å². The van der Waals surface area contributed by atoms with Gasteiger partial charge in [-0.15, -0.1) is 0 Å². The number of imide groups is 2. The van der Waals surface area contributed by atoms with Gasteiger partial charge in [0.15, 0.2) is 5.75 Å². The van der Waals surface area contributed by atoms with E-state index in [0.29, 0.717) is 15.4 Å². The maximum Gasteiger partial charge on any atom is 0.416 e. The number of non-ortho nitro benzene ring substituents is 1. The normalized spacial score (nSPS) is 14.8. The highest BCUT2D eigenvalue weighted by atomic mass is 79.9. The van der Waals surface area contributed by atoms with Crippen molar-refractivity contribution < 1.29 is 42.0 Å². The number of hydrogen-bond donors (Lipinski definition) is 1. The van der Waals surface area contributed by atoms with Crippen LogP contribution in [0.1, 0.15) is 21.5 Å². The number of nitrogens with one attached hydrogen (secondary N) is 1. The first-order valence-corrected chi connectivity index (χ1v) is 12.4. The van der Waals surface area contributed by atoms with Gasteiger partial charge >= 0.3 is 18.2 Å². The smallest absolute Gasteiger partial charge is 0.416 e. The number of carbonyl (C=O) groups is 4. The summed E-state index contributed by atoms with van der Waals surface area (Å²) in [6.45, 7) is 0. The molecule has 40 heavy (non-hydrogen) atoms. The number of anilines is 1. The standard InChI is InChI=1S/C25H12Br2F3N3O7/c26-15-8-13(20(19(27)11-15)40-23(36)12-4-6-16(7-5-12)33(38)39)9-18-21(34)31-24(37)32(22(18)35)17-3-1-2-14(10-17)25(28,29)30/h1-11H,(H,31,34,37)/b18-9-. The van der Waals surface area contributed by atoms with Gasteiger partial charge in [0.1, 0.15) is 5.57 Å². The molecule has 1 aliphatic heterocycles. The minimum absolute atomic E-state index is 0.00615. The lowest BCUT2D eigenvalue weighted by atomic mass is 10.1. The first-order chi connectivity index (χ1) is 18.8. The van der Waals surface area contributed by atoms with E-state index in [9.17, 15) is 42.5 Å². The third kappa shape index (κ3) is 5.94. The van der Waals surface area contributed by atoms with E-state index < -0.39 is 51.7 Å². The van der Waals surface area contributed by atoms with Crippen molar-refractivity contribution in [2.45, 2.75) is 6.18 Å². The SMILES string of the molecule is O=C1NC(=O)N(c2cccc(C(F)(F)F)c2)C(=O)/C1=C\c1cc(Br)cc(Br)c1OC(=O)c1ccc([N+](=O)[O-])cc1. The first kappa shape index (κ1) is 28.6. The average molecular weight is 683 g/mol. The molecule has 4 rings (SSSR count). The quantitative estimate of drug-likeness (QED) is 0.0868. The van der Waals surface area contributed by atoms with Crippen LogP contribution in [0.2, 0.25) is 0 Å². The predicted octanol–water partition coefficient (Wildman–Crippen LogP) is 6.02. The number of carbonyl (C=O) groups excluding carboxylic acids is 4. The van der Waals surface area contributed by atoms with Crippen molar-refractivity contribution in [3.8, 4) is 5.75 Å². The molecule has 1 aliphatic rings. The Bertz CT molecular complexity index is 1620. The van der Waals surface area contributed by atoms with E-state index in [-0.39, 0.29) is 27.0 Å². The number of ether oxygens (including phenoxy) is 1. The van der Waals surface area contributed by atoms with Crippen LogP contribution in [-0.2, 0) is 15.8 Å². The molecular weight excluding hydrogens is 671 g/mol. The van der Waals surface area contributed by atoms with Crippen LogP contribution < -0.4 is 15.0 Å². The largest absolute Gasteiger partial charge is 0.421 e. The Labute approximate surface area is 238 Å². The van der Waals surface area contributed by atoms with Crippen LogP contribution in [0.25, 0.3) is 6.08 Å². The van der Waals surface area contributed by atoms with E-state index in [2.05, 4.69) is 31.9 Å². The summed E-state index contributed by atoms with van der Waals surface area (Å²) in [5.74, 6) is -3.46. The zero-order chi connectivity index (χ0) is 29.4. The molecule has 10 nitrogen and oxygen atoms in total. The molecule has 0 bridgehead atoms. The van der Waals surface area contributed by atoms with E-state index in [4.69, 9.17) is 4.74 Å². The summed E-state index contributed by atoms with van der Waals surface area (Å²) in [4.78, 5) is 61.7. The summed E-state index contributed by atoms with van der Waals surface area (Å²) in [5.41, 5.74) is -2.51. The molecule has 0 spiro atoms. The number of rotatable bonds is 5. The number of halogens is 5. The van der Waals surface area contributed by atoms with Gasteiger partial charge in [-0.3, -0.25) is 25.0 Å². The molecule has 0 aliphatic carbocycles. The number of esters is 1. The number of hydrogen-bond acceptors (Lipinski definition) is 7. The van der Waals surface area contributed by atoms with Crippen molar-refractivity contribution in [2.75, 3.05) is 4.90 Å². The number of nitrogens with zero attached hydrogens (tertiary/aromatic N) is 2. The monoisotopic (exact) mass is 681 g/mol. The molecule has 1 fully saturated rings. The van der Waals surface area contributed by atoms with Crippen molar-refractivity contribution in [3.63, 3.8) is 0 Å². The van der Waals surface area contributed by atoms with Crippen LogP contribution in [0.3, 0.4) is 0 Å². The third-order valence-corrected chi connectivity index (χ3v) is 6.43. The molecule has 3 aromatic rings. The average Bonchev–Trinajstić information content (AvgIpc) is 2.88. The van der Waals surface area contributed by atoms with Crippen LogP contribution in [0.5, 0.6) is 5.75 Å². The number of barbiturate groups is 1. The van der Waals surface area contributed by atoms with Gasteiger partial charge < -0.3 is 4.74 Å². The molecule has 0 aromatic heterocycles. The Balaban J connectivity index is 1.73. The van der Waals surface area contributed by atoms with Gasteiger partial charge in [-0.05, 0) is 64.5 Å². The zero-order valence-electron chi connectivity index (χ0n) is 19.5. The van der Waals surface area contributed by atoms with Gasteiger partial charge in [-0.2, -0.15) is 13.2 Å². The van der Waals surface area contributed by atoms with Crippen LogP contribution in [-0.4, -0.2) is 28.7 Å². The van der Waals surface area contributed by atoms with E-state index >= 15 is 0 Å². The second-order valence-corrected chi connectivity index (χ2v) is 9.78. The lowest BCUT2D eigenvalue weighted by Crippen LogP contribution is -2.54. The van der Waals surface area contributed by atoms with Crippen molar-refractivity contribution in [2.24, 2.45) is 0 Å². The summed E-state index contributed by atoms with van der Waals surface area (Å²) in [7, 11) is 0. The number of alkyl halides is 3. The fraction of sp³-hybridized carbons (Fsp3) is 0.0400. The van der Waals surface area contributed by atoms with E-state index in [1.807, 2.05) is 5.32 Å². The van der Waals surface area contributed by atoms with Crippen molar-refractivity contribution in [3.05, 3.63) is 102 Å². The van der Waals surface area contributed by atoms with Crippen LogP contribution in [0.15, 0.2) is 75.2 Å². The van der Waals surface area contributed by atoms with Crippen LogP contribution in [0.4, 0.5) is 29.3 Å². The number of benzene rings is 3. The zero-order valence-corrected chi connectivity index (χ0v) is 22.7. The second-order valence-electron chi connectivity index (χ2n) is 8.01. The fourth-order valence-corrected chi connectivity index (χ4v) is 4.87. The maximum absolute atomic E-state index is 13.2. The fourth-order valence-electron chi connectivity index (χ4n) is 3.53. The Hall–Kier alpha value is -4.37. The topological polar surface area (TPSA) is 136 Å². The Morgan fingerprint density at radius 2 is 1.70 bits per heavy atom. The van der Waals surface area contributed by atoms with Gasteiger partial charge in [0.25, 0.3) is 17.5 Å². The molecule has 1 N–H and O–H groups in total. The number of amides is 4. The van der Waals surface area contributed by atoms with Gasteiger partial charge in [-0.25, -0.2) is 14.5 Å². The summed E-state index contributed by atoms with van der Waals surface area (Å²) in [5, 5.41) is 12.8. The molecule has 204 valence electrons. The molecule has 0 unspecified atom stereocenters. The minimum Gasteiger partial charge on any atom is -0.421 e. The van der Waals surface area contributed by atoms with Crippen LogP contribution >= 0.6 is 31.9 Å². The van der Waals surface area contributed by atoms with E-state index in [1.165, 1.54) is 24.3 Å². The summed E-state index contributed by atoms with van der Waals surface area (Å²) < 4.78 is 45.7. The molecule has 1 heterocycles. The van der Waals surface area contributed by atoms with E-state index in [0.717, 1.165) is 36.4 Å². The van der Waals surface area contributed by atoms with Crippen molar-refractivity contribution >= 4 is 73.1 Å². The highest BCUT2D eigenvalue weighted by Crippen LogP contribution is 2.36. The Morgan fingerprint density at radius 3 is 2.33 bits per heavy atom. The number of nitro groups is 1. The Kier molecular flexibility index (Phi) is 7.88. The lowest BCUT2D eigenvalue weighted by Gasteiger charge is -2.27. The predicted molar refractivity (Wildman–Crippen MR) is 140 cm³/mol. The number of urea groups is 1. The van der Waals surface area contributed by atoms with Crippen molar-refractivity contribution in [1.29, 1.82) is 0 Å². The van der Waals surface area contributed by atoms with Gasteiger partial charge in [0.05, 0.1) is 26.2 Å². The molecule has 4 amide bonds. The van der Waals surface area contributed by atoms with Gasteiger partial charge in [-0.1, -0.05) is 22.0 Å². The molecule has 0 saturated carbocycles. The highest BCUT2D eigenvalue weighted by Gasteiger charge is 2.38. The third-order valence-electron chi connectivity index (χ3n) is 5.38. The number of nitro benzene ring substituents is 1. The molecule has 0 atom stereocenters. The minimum atomic E-state index is -4.76. The van der Waals surface area contributed by atoms with Crippen molar-refractivity contribution in [1.82, 2.24) is 5.32 Å². The molecular formula is C25H12Br2F3N3O7. The maximum atomic E-state index is 13.2. The van der Waals surface area contributed by atoms with Crippen LogP contribution in [0, 0.1) is 10.1 Å². The summed E-state index contributed by atoms with van der Waals surface area (Å²) in [6, 6.07) is 9.56. The summed E-state index contributed by atoms with van der Waals surface area (Å²) in [6.07, 6.45) is -3.76. The lowest BCUT2D eigenvalue weighted by molar-refractivity contribution is -0.384. The molecule has 1 saturated heterocycles. The molecule has 0 radical (unpaired) electrons. The second kappa shape index (κ2) is 11.0. The van der Waals surface area contributed by atoms with Gasteiger partial charge in [0.2, 0.25) is 0 Å². The Morgan fingerprint density at radius 1 is 1.02 bits per heavy atom. The highest BCUT2D eigenvalue weighted by molar-refractivity contribution is 9.11. The molecule has 3 aromatic carbocycles. The summed E-state index contributed by atoms with van der Waals surface area (Å²) >= 11 is 6.47. The first-order valence-electron chi connectivity index (χ1n) is 10.8. The molecule has 15 heteroatoms. The van der Waals surface area contributed by atoms with Gasteiger partial charge in [0, 0.05) is 22.2 Å².